The molecule has 88 valence electrons. The van der Waals surface area contributed by atoms with Crippen LogP contribution in [0.1, 0.15) is 26.2 Å². The highest BCUT2D eigenvalue weighted by molar-refractivity contribution is 4.88. The smallest absolute Gasteiger partial charge is 0.0936 e. The molecule has 1 heterocycles. The molecule has 0 amide bonds. The first kappa shape index (κ1) is 11.3. The fourth-order valence-electron chi connectivity index (χ4n) is 2.80. The molecule has 1 aliphatic carbocycles. The lowest BCUT2D eigenvalue weighted by Crippen LogP contribution is -2.51. The Kier molecular flexibility index (Phi) is 3.61. The lowest BCUT2D eigenvalue weighted by molar-refractivity contribution is -0.105. The molecule has 0 spiro atoms. The van der Waals surface area contributed by atoms with Crippen molar-refractivity contribution in [3.63, 3.8) is 0 Å². The Hall–Kier alpha value is -0.160. The highest BCUT2D eigenvalue weighted by Gasteiger charge is 2.33. The van der Waals surface area contributed by atoms with Gasteiger partial charge in [0.2, 0.25) is 0 Å². The molecule has 2 rings (SSSR count). The van der Waals surface area contributed by atoms with Crippen LogP contribution in [-0.4, -0.2) is 54.0 Å². The van der Waals surface area contributed by atoms with Gasteiger partial charge >= 0.3 is 0 Å². The first-order valence-electron chi connectivity index (χ1n) is 5.95. The van der Waals surface area contributed by atoms with Crippen molar-refractivity contribution in [2.24, 2.45) is 5.73 Å². The van der Waals surface area contributed by atoms with Crippen molar-refractivity contribution in [3.05, 3.63) is 0 Å². The first-order chi connectivity index (χ1) is 7.19. The molecule has 1 aliphatic heterocycles. The van der Waals surface area contributed by atoms with Gasteiger partial charge in [-0.3, -0.25) is 4.90 Å². The van der Waals surface area contributed by atoms with E-state index in [0.717, 1.165) is 25.9 Å². The molecule has 0 aromatic rings. The molecule has 0 bridgehead atoms. The van der Waals surface area contributed by atoms with Gasteiger partial charge < -0.3 is 15.6 Å². The minimum absolute atomic E-state index is 0.00873. The van der Waals surface area contributed by atoms with Crippen molar-refractivity contribution >= 4 is 0 Å². The Morgan fingerprint density at radius 3 is 2.80 bits per heavy atom. The third-order valence-corrected chi connectivity index (χ3v) is 3.52. The minimum atomic E-state index is -0.00873. The number of morpholine rings is 1. The van der Waals surface area contributed by atoms with Gasteiger partial charge in [0.25, 0.3) is 0 Å². The van der Waals surface area contributed by atoms with E-state index >= 15 is 0 Å². The monoisotopic (exact) mass is 214 g/mol. The van der Waals surface area contributed by atoms with Crippen LogP contribution < -0.4 is 5.73 Å². The van der Waals surface area contributed by atoms with Crippen LogP contribution in [0.3, 0.4) is 0 Å². The van der Waals surface area contributed by atoms with Crippen molar-refractivity contribution in [1.82, 2.24) is 4.90 Å². The molecule has 4 heteroatoms. The van der Waals surface area contributed by atoms with Gasteiger partial charge in [-0.15, -0.1) is 0 Å². The van der Waals surface area contributed by atoms with E-state index in [9.17, 15) is 0 Å². The Morgan fingerprint density at radius 1 is 1.40 bits per heavy atom. The Labute approximate surface area is 91.4 Å². The van der Waals surface area contributed by atoms with Crippen LogP contribution in [-0.2, 0) is 4.74 Å². The number of hydrogen-bond acceptors (Lipinski definition) is 4. The predicted molar refractivity (Wildman–Crippen MR) is 58.6 cm³/mol. The zero-order valence-electron chi connectivity index (χ0n) is 9.43. The third-order valence-electron chi connectivity index (χ3n) is 3.52. The standard InChI is InChI=1S/C11H22N2O2/c1-8-5-13(6-11(7-14)15-8)10-3-2-9(12)4-10/h8-11,14H,2-7,12H2,1H3. The van der Waals surface area contributed by atoms with Gasteiger partial charge in [0.1, 0.15) is 0 Å². The van der Waals surface area contributed by atoms with Crippen molar-refractivity contribution in [3.8, 4) is 0 Å². The van der Waals surface area contributed by atoms with E-state index in [-0.39, 0.29) is 18.8 Å². The van der Waals surface area contributed by atoms with Crippen molar-refractivity contribution in [2.75, 3.05) is 19.7 Å². The average Bonchev–Trinajstić information content (AvgIpc) is 2.64. The normalized spacial score (nSPS) is 43.4. The fourth-order valence-corrected chi connectivity index (χ4v) is 2.80. The summed E-state index contributed by atoms with van der Waals surface area (Å²) in [6.45, 7) is 4.04. The zero-order chi connectivity index (χ0) is 10.8. The zero-order valence-corrected chi connectivity index (χ0v) is 9.43. The van der Waals surface area contributed by atoms with E-state index in [0.29, 0.717) is 12.1 Å². The molecule has 4 nitrogen and oxygen atoms in total. The second-order valence-corrected chi connectivity index (χ2v) is 4.93. The molecule has 0 aromatic heterocycles. The summed E-state index contributed by atoms with van der Waals surface area (Å²) >= 11 is 0. The van der Waals surface area contributed by atoms with Crippen LogP contribution in [0.2, 0.25) is 0 Å². The van der Waals surface area contributed by atoms with Crippen LogP contribution in [0.15, 0.2) is 0 Å². The number of aliphatic hydroxyl groups is 1. The van der Waals surface area contributed by atoms with Crippen molar-refractivity contribution < 1.29 is 9.84 Å². The number of aliphatic hydroxyl groups excluding tert-OH is 1. The lowest BCUT2D eigenvalue weighted by atomic mass is 10.1. The summed E-state index contributed by atoms with van der Waals surface area (Å²) in [4.78, 5) is 2.45. The highest BCUT2D eigenvalue weighted by atomic mass is 16.5. The summed E-state index contributed by atoms with van der Waals surface area (Å²) in [6, 6.07) is 0.987. The number of hydrogen-bond donors (Lipinski definition) is 2. The van der Waals surface area contributed by atoms with E-state index in [1.807, 2.05) is 0 Å². The van der Waals surface area contributed by atoms with Gasteiger partial charge in [-0.2, -0.15) is 0 Å². The van der Waals surface area contributed by atoms with Gasteiger partial charge in [-0.1, -0.05) is 0 Å². The summed E-state index contributed by atoms with van der Waals surface area (Å²) in [7, 11) is 0. The lowest BCUT2D eigenvalue weighted by Gasteiger charge is -2.39. The summed E-state index contributed by atoms with van der Waals surface area (Å²) < 4.78 is 5.63. The molecule has 15 heavy (non-hydrogen) atoms. The van der Waals surface area contributed by atoms with Crippen LogP contribution in [0.4, 0.5) is 0 Å². The van der Waals surface area contributed by atoms with Crippen LogP contribution in [0, 0.1) is 0 Å². The second-order valence-electron chi connectivity index (χ2n) is 4.93. The van der Waals surface area contributed by atoms with E-state index in [2.05, 4.69) is 11.8 Å². The van der Waals surface area contributed by atoms with E-state index in [1.54, 1.807) is 0 Å². The highest BCUT2D eigenvalue weighted by Crippen LogP contribution is 2.25. The minimum Gasteiger partial charge on any atom is -0.394 e. The predicted octanol–water partition coefficient (Wildman–Crippen LogP) is -0.0522. The quantitative estimate of drug-likeness (QED) is 0.676. The van der Waals surface area contributed by atoms with Gasteiger partial charge in [-0.05, 0) is 26.2 Å². The molecular formula is C11H22N2O2. The summed E-state index contributed by atoms with van der Waals surface area (Å²) in [6.07, 6.45) is 3.66. The van der Waals surface area contributed by atoms with Gasteiger partial charge in [-0.25, -0.2) is 0 Å². The molecule has 2 aliphatic rings. The first-order valence-corrected chi connectivity index (χ1v) is 5.95. The average molecular weight is 214 g/mol. The number of ether oxygens (including phenoxy) is 1. The van der Waals surface area contributed by atoms with Crippen molar-refractivity contribution in [1.29, 1.82) is 0 Å². The molecule has 4 unspecified atom stereocenters. The molecule has 2 fully saturated rings. The molecule has 0 aromatic carbocycles. The van der Waals surface area contributed by atoms with E-state index in [1.165, 1.54) is 6.42 Å². The summed E-state index contributed by atoms with van der Waals surface area (Å²) in [5.74, 6) is 0. The second kappa shape index (κ2) is 4.78. The molecule has 0 radical (unpaired) electrons. The molecule has 1 saturated heterocycles. The van der Waals surface area contributed by atoms with E-state index in [4.69, 9.17) is 15.6 Å². The molecule has 1 saturated carbocycles. The molecule has 4 atom stereocenters. The summed E-state index contributed by atoms with van der Waals surface area (Å²) in [5.41, 5.74) is 5.93. The number of nitrogens with zero attached hydrogens (tertiary/aromatic N) is 1. The van der Waals surface area contributed by atoms with Gasteiger partial charge in [0.05, 0.1) is 18.8 Å². The van der Waals surface area contributed by atoms with E-state index < -0.39 is 0 Å². The number of rotatable bonds is 2. The van der Waals surface area contributed by atoms with Crippen LogP contribution in [0.5, 0.6) is 0 Å². The van der Waals surface area contributed by atoms with Crippen LogP contribution >= 0.6 is 0 Å². The van der Waals surface area contributed by atoms with Crippen molar-refractivity contribution in [2.45, 2.75) is 50.5 Å². The largest absolute Gasteiger partial charge is 0.394 e. The maximum Gasteiger partial charge on any atom is 0.0936 e. The third kappa shape index (κ3) is 2.69. The fraction of sp³-hybridized carbons (Fsp3) is 1.00. The Balaban J connectivity index is 1.91. The topological polar surface area (TPSA) is 58.7 Å². The molecular weight excluding hydrogens is 192 g/mol. The summed E-state index contributed by atoms with van der Waals surface area (Å²) in [5, 5.41) is 9.15. The maximum absolute atomic E-state index is 9.15. The maximum atomic E-state index is 9.15. The number of nitrogens with two attached hydrogens (primary N) is 1. The Bertz CT molecular complexity index is 213. The van der Waals surface area contributed by atoms with Gasteiger partial charge in [0.15, 0.2) is 0 Å². The SMILES string of the molecule is CC1CN(C2CCC(N)C2)CC(CO)O1. The van der Waals surface area contributed by atoms with Crippen LogP contribution in [0.25, 0.3) is 0 Å². The Morgan fingerprint density at radius 2 is 2.20 bits per heavy atom. The van der Waals surface area contributed by atoms with Gasteiger partial charge in [0, 0.05) is 25.2 Å². The molecule has 3 N–H and O–H groups in total.